The molecule has 0 aliphatic carbocycles. The van der Waals surface area contributed by atoms with E-state index in [-0.39, 0.29) is 0 Å². The average Bonchev–Trinajstić information content (AvgIpc) is 3.95. The smallest absolute Gasteiger partial charge is 0.137 e. The molecular formula is C49H30N2O2S. The Kier molecular flexibility index (Phi) is 7.00. The summed E-state index contributed by atoms with van der Waals surface area (Å²) in [6.45, 7) is 0. The van der Waals surface area contributed by atoms with Crippen LogP contribution in [0.2, 0.25) is 0 Å². The van der Waals surface area contributed by atoms with E-state index in [4.69, 9.17) is 13.8 Å². The van der Waals surface area contributed by atoms with Crippen molar-refractivity contribution >= 4 is 82.5 Å². The van der Waals surface area contributed by atoms with Crippen molar-refractivity contribution in [3.05, 3.63) is 182 Å². The predicted molar refractivity (Wildman–Crippen MR) is 225 cm³/mol. The molecule has 3 aromatic heterocycles. The first-order valence-electron chi connectivity index (χ1n) is 18.0. The van der Waals surface area contributed by atoms with E-state index in [0.29, 0.717) is 0 Å². The van der Waals surface area contributed by atoms with Gasteiger partial charge in [0, 0.05) is 50.2 Å². The van der Waals surface area contributed by atoms with Gasteiger partial charge in [0.1, 0.15) is 27.3 Å². The number of rotatable bonds is 6. The maximum atomic E-state index is 6.53. The molecule has 0 saturated carbocycles. The highest BCUT2D eigenvalue weighted by Crippen LogP contribution is 2.45. The van der Waals surface area contributed by atoms with Crippen LogP contribution in [0, 0.1) is 0 Å². The molecule has 11 aromatic rings. The van der Waals surface area contributed by atoms with Gasteiger partial charge in [-0.25, -0.2) is 4.98 Å². The zero-order valence-corrected chi connectivity index (χ0v) is 29.8. The quantitative estimate of drug-likeness (QED) is 0.172. The van der Waals surface area contributed by atoms with E-state index >= 15 is 0 Å². The van der Waals surface area contributed by atoms with Gasteiger partial charge < -0.3 is 13.7 Å². The summed E-state index contributed by atoms with van der Waals surface area (Å²) in [4.78, 5) is 7.38. The number of anilines is 3. The van der Waals surface area contributed by atoms with Crippen LogP contribution in [-0.4, -0.2) is 4.98 Å². The lowest BCUT2D eigenvalue weighted by Crippen LogP contribution is -2.10. The van der Waals surface area contributed by atoms with Crippen molar-refractivity contribution in [2.45, 2.75) is 0 Å². The lowest BCUT2D eigenvalue weighted by atomic mass is 9.98. The van der Waals surface area contributed by atoms with Gasteiger partial charge in [-0.2, -0.15) is 0 Å². The monoisotopic (exact) mass is 710 g/mol. The molecule has 0 amide bonds. The Hall–Kier alpha value is -6.95. The summed E-state index contributed by atoms with van der Waals surface area (Å²) in [5, 5.41) is 5.42. The molecule has 0 N–H and O–H groups in total. The number of aromatic nitrogens is 1. The molecule has 4 nitrogen and oxygen atoms in total. The third-order valence-electron chi connectivity index (χ3n) is 10.3. The minimum atomic E-state index is 0.854. The fraction of sp³-hybridized carbons (Fsp3) is 0. The molecule has 0 spiro atoms. The first kappa shape index (κ1) is 30.7. The summed E-state index contributed by atoms with van der Waals surface area (Å²) >= 11 is 1.72. The van der Waals surface area contributed by atoms with E-state index in [1.807, 2.05) is 18.2 Å². The van der Waals surface area contributed by atoms with Crippen molar-refractivity contribution in [3.8, 4) is 32.8 Å². The minimum Gasteiger partial charge on any atom is -0.456 e. The SMILES string of the molecule is c1ccc(-c2cccc(N(c3cccc(-c4cccc5oc6ccc7nc(-c8ccccc8)sc7c6c45)c3)c3ccc4c(c3)oc3ccccc34)c2)cc1. The predicted octanol–water partition coefficient (Wildman–Crippen LogP) is 14.6. The molecule has 5 heteroatoms. The molecule has 0 aliphatic heterocycles. The molecule has 0 radical (unpaired) electrons. The number of benzene rings is 8. The minimum absolute atomic E-state index is 0.854. The summed E-state index contributed by atoms with van der Waals surface area (Å²) in [6, 6.07) is 63.7. The zero-order valence-electron chi connectivity index (χ0n) is 28.9. The third-order valence-corrected chi connectivity index (χ3v) is 11.4. The Balaban J connectivity index is 1.11. The van der Waals surface area contributed by atoms with Crippen LogP contribution < -0.4 is 4.90 Å². The molecule has 254 valence electrons. The van der Waals surface area contributed by atoms with Crippen molar-refractivity contribution in [2.75, 3.05) is 4.90 Å². The van der Waals surface area contributed by atoms with Crippen LogP contribution in [0.1, 0.15) is 0 Å². The second-order valence-electron chi connectivity index (χ2n) is 13.5. The largest absolute Gasteiger partial charge is 0.456 e. The molecule has 11 rings (SSSR count). The second-order valence-corrected chi connectivity index (χ2v) is 14.5. The van der Waals surface area contributed by atoms with E-state index in [0.717, 1.165) is 98.4 Å². The van der Waals surface area contributed by atoms with Crippen LogP contribution in [0.15, 0.2) is 191 Å². The maximum absolute atomic E-state index is 6.53. The molecule has 8 aromatic carbocycles. The number of thiazole rings is 1. The normalized spacial score (nSPS) is 11.7. The van der Waals surface area contributed by atoms with E-state index in [2.05, 4.69) is 169 Å². The third kappa shape index (κ3) is 5.01. The number of fused-ring (bicyclic) bond motifs is 8. The van der Waals surface area contributed by atoms with Gasteiger partial charge in [-0.1, -0.05) is 115 Å². The Morgan fingerprint density at radius 3 is 1.85 bits per heavy atom. The van der Waals surface area contributed by atoms with Gasteiger partial charge >= 0.3 is 0 Å². The first-order valence-corrected chi connectivity index (χ1v) is 18.8. The van der Waals surface area contributed by atoms with Gasteiger partial charge in [0.2, 0.25) is 0 Å². The molecule has 3 heterocycles. The van der Waals surface area contributed by atoms with E-state index < -0.39 is 0 Å². The number of hydrogen-bond donors (Lipinski definition) is 0. The first-order chi connectivity index (χ1) is 26.7. The van der Waals surface area contributed by atoms with E-state index in [1.54, 1.807) is 11.3 Å². The lowest BCUT2D eigenvalue weighted by Gasteiger charge is -2.26. The van der Waals surface area contributed by atoms with Gasteiger partial charge in [0.25, 0.3) is 0 Å². The highest BCUT2D eigenvalue weighted by Gasteiger charge is 2.20. The summed E-state index contributed by atoms with van der Waals surface area (Å²) in [5.41, 5.74) is 13.2. The number of furan rings is 2. The lowest BCUT2D eigenvalue weighted by molar-refractivity contribution is 0.668. The summed E-state index contributed by atoms with van der Waals surface area (Å²) in [6.07, 6.45) is 0. The van der Waals surface area contributed by atoms with Crippen molar-refractivity contribution in [1.29, 1.82) is 0 Å². The number of nitrogens with zero attached hydrogens (tertiary/aromatic N) is 2. The second kappa shape index (κ2) is 12.3. The summed E-state index contributed by atoms with van der Waals surface area (Å²) < 4.78 is 14.1. The summed E-state index contributed by atoms with van der Waals surface area (Å²) in [7, 11) is 0. The van der Waals surface area contributed by atoms with Crippen LogP contribution in [-0.2, 0) is 0 Å². The number of para-hydroxylation sites is 1. The maximum Gasteiger partial charge on any atom is 0.137 e. The van der Waals surface area contributed by atoms with Crippen molar-refractivity contribution in [3.63, 3.8) is 0 Å². The molecule has 0 aliphatic rings. The molecule has 54 heavy (non-hydrogen) atoms. The van der Waals surface area contributed by atoms with Gasteiger partial charge in [-0.3, -0.25) is 0 Å². The topological polar surface area (TPSA) is 42.4 Å². The highest BCUT2D eigenvalue weighted by atomic mass is 32.1. The standard InChI is InChI=1S/C49H30N2O2S/c1-3-12-31(13-4-1)33-16-9-18-35(28-33)51(37-24-25-40-39-20-7-8-22-42(39)52-45(40)30-37)36-19-10-17-34(29-36)38-21-11-23-43-46(38)47-44(53-43)27-26-41-48(47)54-49(50-41)32-14-5-2-6-15-32/h1-30H. The van der Waals surface area contributed by atoms with Crippen LogP contribution in [0.4, 0.5) is 17.1 Å². The fourth-order valence-electron chi connectivity index (χ4n) is 7.80. The summed E-state index contributed by atoms with van der Waals surface area (Å²) in [5.74, 6) is 0. The van der Waals surface area contributed by atoms with Crippen LogP contribution in [0.25, 0.3) is 86.9 Å². The Labute approximate surface area is 314 Å². The molecule has 0 atom stereocenters. The molecular weight excluding hydrogens is 681 g/mol. The molecule has 0 fully saturated rings. The molecule has 0 unspecified atom stereocenters. The molecule has 0 saturated heterocycles. The van der Waals surface area contributed by atoms with Gasteiger partial charge in [0.15, 0.2) is 0 Å². The zero-order chi connectivity index (χ0) is 35.6. The van der Waals surface area contributed by atoms with Crippen LogP contribution >= 0.6 is 11.3 Å². The van der Waals surface area contributed by atoms with Crippen molar-refractivity contribution in [2.24, 2.45) is 0 Å². The van der Waals surface area contributed by atoms with E-state index in [1.165, 1.54) is 5.56 Å². The van der Waals surface area contributed by atoms with Crippen molar-refractivity contribution in [1.82, 2.24) is 4.98 Å². The fourth-order valence-corrected chi connectivity index (χ4v) is 8.92. The Morgan fingerprint density at radius 1 is 0.407 bits per heavy atom. The number of hydrogen-bond acceptors (Lipinski definition) is 5. The van der Waals surface area contributed by atoms with Crippen molar-refractivity contribution < 1.29 is 8.83 Å². The average molecular weight is 711 g/mol. The highest BCUT2D eigenvalue weighted by molar-refractivity contribution is 7.22. The van der Waals surface area contributed by atoms with Gasteiger partial charge in [-0.05, 0) is 82.9 Å². The molecule has 0 bridgehead atoms. The Bertz CT molecular complexity index is 3180. The van der Waals surface area contributed by atoms with Crippen LogP contribution in [0.3, 0.4) is 0 Å². The van der Waals surface area contributed by atoms with Gasteiger partial charge in [0.05, 0.1) is 10.2 Å². The van der Waals surface area contributed by atoms with E-state index in [9.17, 15) is 0 Å². The Morgan fingerprint density at radius 2 is 1.02 bits per heavy atom. The van der Waals surface area contributed by atoms with Gasteiger partial charge in [-0.15, -0.1) is 11.3 Å². The van der Waals surface area contributed by atoms with Crippen LogP contribution in [0.5, 0.6) is 0 Å².